The predicted octanol–water partition coefficient (Wildman–Crippen LogP) is 3.12. The summed E-state index contributed by atoms with van der Waals surface area (Å²) in [4.78, 5) is 37.3. The van der Waals surface area contributed by atoms with E-state index in [-0.39, 0.29) is 36.3 Å². The number of fused-ring (bicyclic) bond motifs is 1. The van der Waals surface area contributed by atoms with E-state index in [1.54, 1.807) is 48.5 Å². The third-order valence-electron chi connectivity index (χ3n) is 5.22. The van der Waals surface area contributed by atoms with Crippen LogP contribution in [0.3, 0.4) is 0 Å². The first kappa shape index (κ1) is 20.5. The molecule has 158 valence electrons. The van der Waals surface area contributed by atoms with Crippen molar-refractivity contribution in [2.45, 2.75) is 32.2 Å². The molecule has 3 aromatic rings. The summed E-state index contributed by atoms with van der Waals surface area (Å²) in [5.41, 5.74) is 1.29. The van der Waals surface area contributed by atoms with Crippen molar-refractivity contribution in [1.82, 2.24) is 15.0 Å². The summed E-state index contributed by atoms with van der Waals surface area (Å²) in [6.07, 6.45) is 6.63. The molecule has 2 N–H and O–H groups in total. The fourth-order valence-electron chi connectivity index (χ4n) is 3.60. The number of hydrogen-bond acceptors (Lipinski definition) is 5. The first-order chi connectivity index (χ1) is 15.1. The Morgan fingerprint density at radius 3 is 2.45 bits per heavy atom. The van der Waals surface area contributed by atoms with Gasteiger partial charge in [-0.05, 0) is 43.0 Å². The second-order valence-electron chi connectivity index (χ2n) is 7.50. The number of aromatic nitrogens is 3. The standard InChI is InChI=1S/C23H23N5O3/c29-21(13-14-28-23(31)17-9-3-4-10-18(17)26-27-28)24-19-11-5-6-12-20(19)25-22(30)15-16-7-1-2-8-16/h1,3-7,9-12,16H,2,8,13-15H2,(H,24,29)(H,25,30). The van der Waals surface area contributed by atoms with Crippen LogP contribution in [-0.2, 0) is 16.1 Å². The third-order valence-corrected chi connectivity index (χ3v) is 5.22. The van der Waals surface area contributed by atoms with Crippen molar-refractivity contribution in [2.75, 3.05) is 10.6 Å². The summed E-state index contributed by atoms with van der Waals surface area (Å²) < 4.78 is 1.19. The molecule has 1 aromatic heterocycles. The molecule has 31 heavy (non-hydrogen) atoms. The summed E-state index contributed by atoms with van der Waals surface area (Å²) in [6.45, 7) is 0.102. The maximum atomic E-state index is 12.5. The first-order valence-corrected chi connectivity index (χ1v) is 10.3. The van der Waals surface area contributed by atoms with Crippen LogP contribution < -0.4 is 16.2 Å². The second-order valence-corrected chi connectivity index (χ2v) is 7.50. The molecular formula is C23H23N5O3. The molecule has 0 aliphatic heterocycles. The summed E-state index contributed by atoms with van der Waals surface area (Å²) in [5.74, 6) is -0.110. The van der Waals surface area contributed by atoms with Crippen LogP contribution in [0.2, 0.25) is 0 Å². The highest BCUT2D eigenvalue weighted by molar-refractivity contribution is 5.99. The van der Waals surface area contributed by atoms with Gasteiger partial charge in [0.05, 0.1) is 23.3 Å². The van der Waals surface area contributed by atoms with Gasteiger partial charge in [0.2, 0.25) is 11.8 Å². The summed E-state index contributed by atoms with van der Waals surface area (Å²) in [7, 11) is 0. The number of carbonyl (C=O) groups excluding carboxylic acids is 2. The van der Waals surface area contributed by atoms with E-state index in [4.69, 9.17) is 0 Å². The minimum absolute atomic E-state index is 0.0437. The van der Waals surface area contributed by atoms with Gasteiger partial charge in [0, 0.05) is 12.8 Å². The zero-order chi connectivity index (χ0) is 21.6. The lowest BCUT2D eigenvalue weighted by Crippen LogP contribution is -2.26. The van der Waals surface area contributed by atoms with Crippen molar-refractivity contribution in [1.29, 1.82) is 0 Å². The van der Waals surface area contributed by atoms with Crippen molar-refractivity contribution in [3.05, 3.63) is 71.0 Å². The maximum Gasteiger partial charge on any atom is 0.277 e. The van der Waals surface area contributed by atoms with Crippen molar-refractivity contribution < 1.29 is 9.59 Å². The van der Waals surface area contributed by atoms with E-state index in [0.717, 1.165) is 12.8 Å². The van der Waals surface area contributed by atoms with Gasteiger partial charge in [-0.15, -0.1) is 5.10 Å². The Kier molecular flexibility index (Phi) is 6.16. The molecule has 0 fully saturated rings. The number of anilines is 2. The van der Waals surface area contributed by atoms with Crippen molar-refractivity contribution in [3.8, 4) is 0 Å². The largest absolute Gasteiger partial charge is 0.324 e. The van der Waals surface area contributed by atoms with Gasteiger partial charge in [-0.2, -0.15) is 0 Å². The van der Waals surface area contributed by atoms with Gasteiger partial charge in [0.1, 0.15) is 5.52 Å². The van der Waals surface area contributed by atoms with E-state index in [9.17, 15) is 14.4 Å². The molecule has 1 heterocycles. The molecule has 1 atom stereocenters. The lowest BCUT2D eigenvalue weighted by Gasteiger charge is -2.13. The quantitative estimate of drug-likeness (QED) is 0.575. The molecular weight excluding hydrogens is 394 g/mol. The monoisotopic (exact) mass is 417 g/mol. The lowest BCUT2D eigenvalue weighted by molar-refractivity contribution is -0.117. The van der Waals surface area contributed by atoms with Gasteiger partial charge in [-0.3, -0.25) is 14.4 Å². The van der Waals surface area contributed by atoms with E-state index in [2.05, 4.69) is 33.1 Å². The Bertz CT molecular complexity index is 1200. The number of benzene rings is 2. The fourth-order valence-corrected chi connectivity index (χ4v) is 3.60. The number of hydrogen-bond donors (Lipinski definition) is 2. The smallest absolute Gasteiger partial charge is 0.277 e. The molecule has 0 saturated heterocycles. The highest BCUT2D eigenvalue weighted by Gasteiger charge is 2.16. The molecule has 1 aliphatic carbocycles. The minimum Gasteiger partial charge on any atom is -0.324 e. The van der Waals surface area contributed by atoms with Gasteiger partial charge in [0.15, 0.2) is 0 Å². The molecule has 4 rings (SSSR count). The van der Waals surface area contributed by atoms with Crippen LogP contribution in [0, 0.1) is 5.92 Å². The Balaban J connectivity index is 1.38. The first-order valence-electron chi connectivity index (χ1n) is 10.3. The molecule has 2 aromatic carbocycles. The molecule has 0 bridgehead atoms. The Labute approximate surface area is 179 Å². The van der Waals surface area contributed by atoms with Crippen LogP contribution in [-0.4, -0.2) is 26.8 Å². The van der Waals surface area contributed by atoms with E-state index >= 15 is 0 Å². The van der Waals surface area contributed by atoms with Crippen LogP contribution in [0.4, 0.5) is 11.4 Å². The number of nitrogens with zero attached hydrogens (tertiary/aromatic N) is 3. The topological polar surface area (TPSA) is 106 Å². The van der Waals surface area contributed by atoms with Gasteiger partial charge in [-0.25, -0.2) is 4.68 Å². The second kappa shape index (κ2) is 9.34. The van der Waals surface area contributed by atoms with Gasteiger partial charge in [0.25, 0.3) is 5.56 Å². The zero-order valence-electron chi connectivity index (χ0n) is 17.0. The van der Waals surface area contributed by atoms with Crippen LogP contribution in [0.5, 0.6) is 0 Å². The fraction of sp³-hybridized carbons (Fsp3) is 0.261. The zero-order valence-corrected chi connectivity index (χ0v) is 17.0. The molecule has 2 amide bonds. The SMILES string of the molecule is O=C(CCn1nnc2ccccc2c1=O)Nc1ccccc1NC(=O)CC1C=CCC1. The van der Waals surface area contributed by atoms with Gasteiger partial charge >= 0.3 is 0 Å². The molecule has 1 aliphatic rings. The highest BCUT2D eigenvalue weighted by atomic mass is 16.2. The normalized spacial score (nSPS) is 15.2. The van der Waals surface area contributed by atoms with Crippen molar-refractivity contribution in [2.24, 2.45) is 5.92 Å². The number of para-hydroxylation sites is 2. The maximum absolute atomic E-state index is 12.5. The average Bonchev–Trinajstić information content (AvgIpc) is 3.28. The molecule has 0 saturated carbocycles. The van der Waals surface area contributed by atoms with E-state index < -0.39 is 0 Å². The van der Waals surface area contributed by atoms with Gasteiger partial charge < -0.3 is 10.6 Å². The van der Waals surface area contributed by atoms with E-state index in [1.807, 2.05) is 0 Å². The van der Waals surface area contributed by atoms with Crippen LogP contribution in [0.25, 0.3) is 10.9 Å². The summed E-state index contributed by atoms with van der Waals surface area (Å²) in [5, 5.41) is 14.1. The van der Waals surface area contributed by atoms with Crippen molar-refractivity contribution >= 4 is 34.1 Å². The average molecular weight is 417 g/mol. The van der Waals surface area contributed by atoms with E-state index in [1.165, 1.54) is 4.68 Å². The van der Waals surface area contributed by atoms with Crippen molar-refractivity contribution in [3.63, 3.8) is 0 Å². The molecule has 8 nitrogen and oxygen atoms in total. The van der Waals surface area contributed by atoms with Crippen LogP contribution in [0.15, 0.2) is 65.5 Å². The van der Waals surface area contributed by atoms with Crippen LogP contribution >= 0.6 is 0 Å². The van der Waals surface area contributed by atoms with Crippen LogP contribution in [0.1, 0.15) is 25.7 Å². The number of rotatable bonds is 7. The molecule has 8 heteroatoms. The molecule has 0 radical (unpaired) electrons. The Hall–Kier alpha value is -3.81. The summed E-state index contributed by atoms with van der Waals surface area (Å²) in [6, 6.07) is 14.0. The number of allylic oxidation sites excluding steroid dienone is 2. The Morgan fingerprint density at radius 1 is 1.00 bits per heavy atom. The number of carbonyl (C=O) groups is 2. The molecule has 0 spiro atoms. The number of aryl methyl sites for hydroxylation is 1. The van der Waals surface area contributed by atoms with E-state index in [0.29, 0.717) is 28.7 Å². The Morgan fingerprint density at radius 2 is 1.71 bits per heavy atom. The minimum atomic E-state index is -0.290. The lowest BCUT2D eigenvalue weighted by atomic mass is 10.0. The number of amides is 2. The summed E-state index contributed by atoms with van der Waals surface area (Å²) >= 11 is 0. The number of nitrogens with one attached hydrogen (secondary N) is 2. The molecule has 1 unspecified atom stereocenters. The van der Waals surface area contributed by atoms with Gasteiger partial charge in [-0.1, -0.05) is 41.6 Å². The highest BCUT2D eigenvalue weighted by Crippen LogP contribution is 2.24. The predicted molar refractivity (Wildman–Crippen MR) is 119 cm³/mol. The third kappa shape index (κ3) is 5.03.